The predicted molar refractivity (Wildman–Crippen MR) is 303 cm³/mol. The Balaban J connectivity index is 0.000000297. The molecule has 85 heavy (non-hydrogen) atoms. The third-order valence-electron chi connectivity index (χ3n) is 14.6. The molecule has 4 saturated heterocycles. The number of likely N-dealkylation sites (tertiary alicyclic amines) is 1. The number of hydrogen-bond donors (Lipinski definition) is 3. The molecule has 0 radical (unpaired) electrons. The molecule has 464 valence electrons. The van der Waals surface area contributed by atoms with E-state index < -0.39 is 50.7 Å². The van der Waals surface area contributed by atoms with Crippen LogP contribution in [0, 0.1) is 32.1 Å². The summed E-state index contributed by atoms with van der Waals surface area (Å²) in [5.41, 5.74) is -1.56. The zero-order valence-electron chi connectivity index (χ0n) is 49.0. The second-order valence-electron chi connectivity index (χ2n) is 22.0. The van der Waals surface area contributed by atoms with E-state index in [1.54, 1.807) is 0 Å². The Labute approximate surface area is 511 Å². The van der Waals surface area contributed by atoms with Gasteiger partial charge in [-0.3, -0.25) is 34.8 Å². The van der Waals surface area contributed by atoms with Crippen LogP contribution >= 0.6 is 0 Å². The SMILES string of the molecule is CC(C)COc1ccc(N2CCN(CCC(=O)N3CCC(Nc4ccc([N+](=O)[O-])c(C(F)(F)F)c4)CC3)CC2)cc1.CC(C)COc1ccc(N2CCN(CCC(=O)[O-])CC2)cc1.O=[N+]([O-])c1ccc(NC2CC[NH2+]CC2)cc1C(F)(F)F.[Cl-].[Li+]. The summed E-state index contributed by atoms with van der Waals surface area (Å²) in [5.74, 6) is 1.89. The van der Waals surface area contributed by atoms with Gasteiger partial charge in [0.1, 0.15) is 22.6 Å². The van der Waals surface area contributed by atoms with Gasteiger partial charge in [0, 0.05) is 151 Å². The molecule has 4 aliphatic heterocycles. The number of ether oxygens (including phenoxy) is 2. The summed E-state index contributed by atoms with van der Waals surface area (Å²) >= 11 is 0. The standard InChI is InChI=1S/C29H38F3N5O4.C17H26N2O3.C12H14F3N3O2.ClH.Li/c1-21(2)20-41-25-6-4-24(5-7-25)35-17-15-34(16-18-35)12-11-28(38)36-13-9-22(10-14-36)33-23-3-8-27(37(39)40)26(19-23)29(30,31)32;1-14(2)13-22-16-5-3-15(4-6-16)19-11-9-18(10-12-19)8-7-17(20)21;13-12(14,15)10-7-9(1-2-11(10)18(19)20)17-8-3-5-16-6-4-8;;/h3-8,19,21-22,33H,9-18,20H2,1-2H3;3-6,14H,7-13H2,1-2H3,(H,20,21);1-2,7-8,16-17H,3-6H2;1H;/q;;;;+1/p-1. The summed E-state index contributed by atoms with van der Waals surface area (Å²) in [4.78, 5) is 53.9. The van der Waals surface area contributed by atoms with Gasteiger partial charge in [0.25, 0.3) is 11.4 Å². The Bertz CT molecular complexity index is 2710. The molecule has 1 amide bonds. The summed E-state index contributed by atoms with van der Waals surface area (Å²) < 4.78 is 89.8. The molecule has 8 rings (SSSR count). The van der Waals surface area contributed by atoms with E-state index in [1.807, 2.05) is 29.2 Å². The molecule has 0 aromatic heterocycles. The fourth-order valence-corrected chi connectivity index (χ4v) is 9.99. The maximum Gasteiger partial charge on any atom is 1.00 e. The first kappa shape index (κ1) is 71.2. The minimum Gasteiger partial charge on any atom is -1.00 e. The zero-order valence-corrected chi connectivity index (χ0v) is 49.7. The Morgan fingerprint density at radius 1 is 0.588 bits per heavy atom. The van der Waals surface area contributed by atoms with Crippen LogP contribution in [-0.4, -0.2) is 153 Å². The van der Waals surface area contributed by atoms with Crippen molar-refractivity contribution in [2.45, 2.75) is 90.7 Å². The minimum absolute atomic E-state index is 0. The number of amides is 1. The number of alkyl halides is 6. The van der Waals surface area contributed by atoms with Crippen molar-refractivity contribution < 1.29 is 96.9 Å². The maximum absolute atomic E-state index is 13.3. The second kappa shape index (κ2) is 34.2. The fourth-order valence-electron chi connectivity index (χ4n) is 9.99. The number of rotatable bonds is 20. The molecule has 4 heterocycles. The Hall–Kier alpha value is -6.23. The van der Waals surface area contributed by atoms with Crippen molar-refractivity contribution in [1.82, 2.24) is 14.7 Å². The molecule has 4 aliphatic rings. The number of piperidine rings is 2. The number of nitro groups is 2. The number of halogens is 7. The van der Waals surface area contributed by atoms with Crippen LogP contribution in [0.5, 0.6) is 11.5 Å². The van der Waals surface area contributed by atoms with Crippen LogP contribution in [0.4, 0.5) is 60.5 Å². The van der Waals surface area contributed by atoms with E-state index in [0.29, 0.717) is 63.9 Å². The maximum atomic E-state index is 13.3. The summed E-state index contributed by atoms with van der Waals surface area (Å²) in [5, 5.41) is 40.3. The molecule has 0 bridgehead atoms. The van der Waals surface area contributed by atoms with Crippen molar-refractivity contribution in [1.29, 1.82) is 0 Å². The van der Waals surface area contributed by atoms with Gasteiger partial charge in [-0.05, 0) is 104 Å². The van der Waals surface area contributed by atoms with Crippen LogP contribution in [0.2, 0.25) is 0 Å². The number of nitro benzene ring substituents is 2. The molecule has 4 fully saturated rings. The minimum atomic E-state index is -4.82. The Morgan fingerprint density at radius 2 is 0.965 bits per heavy atom. The molecule has 4 aromatic rings. The number of nitrogens with one attached hydrogen (secondary N) is 2. The van der Waals surface area contributed by atoms with Gasteiger partial charge in [0.2, 0.25) is 5.91 Å². The number of carbonyl (C=O) groups is 2. The van der Waals surface area contributed by atoms with Crippen molar-refractivity contribution in [3.8, 4) is 11.5 Å². The van der Waals surface area contributed by atoms with Crippen molar-refractivity contribution in [3.63, 3.8) is 0 Å². The van der Waals surface area contributed by atoms with E-state index in [2.05, 4.69) is 87.5 Å². The average molecular weight is 1220 g/mol. The number of aliphatic carboxylic acids is 1. The van der Waals surface area contributed by atoms with E-state index in [-0.39, 0.29) is 67.1 Å². The molecule has 0 spiro atoms. The van der Waals surface area contributed by atoms with Gasteiger partial charge >= 0.3 is 31.2 Å². The number of carbonyl (C=O) groups excluding carboxylic acids is 2. The number of quaternary nitrogens is 1. The molecule has 0 atom stereocenters. The van der Waals surface area contributed by atoms with Gasteiger partial charge in [0.15, 0.2) is 0 Å². The number of anilines is 4. The third-order valence-corrected chi connectivity index (χ3v) is 14.6. The first-order valence-electron chi connectivity index (χ1n) is 28.4. The molecule has 4 N–H and O–H groups in total. The number of carboxylic acid groups (broad SMARTS) is 1. The monoisotopic (exact) mass is 1210 g/mol. The van der Waals surface area contributed by atoms with E-state index in [4.69, 9.17) is 9.47 Å². The third kappa shape index (κ3) is 23.5. The number of nitrogens with zero attached hydrogens (tertiary/aromatic N) is 7. The summed E-state index contributed by atoms with van der Waals surface area (Å²) in [6.07, 6.45) is -6.12. The molecule has 4 aromatic carbocycles. The molecule has 0 saturated carbocycles. The van der Waals surface area contributed by atoms with Crippen LogP contribution in [0.1, 0.15) is 77.3 Å². The smallest absolute Gasteiger partial charge is 1.00 e. The van der Waals surface area contributed by atoms with Gasteiger partial charge in [-0.1, -0.05) is 27.7 Å². The van der Waals surface area contributed by atoms with Crippen molar-refractivity contribution in [2.24, 2.45) is 11.8 Å². The van der Waals surface area contributed by atoms with Crippen LogP contribution in [0.25, 0.3) is 0 Å². The van der Waals surface area contributed by atoms with E-state index in [9.17, 15) is 61.3 Å². The predicted octanol–water partition coefficient (Wildman–Crippen LogP) is 2.01. The quantitative estimate of drug-likeness (QED) is 0.0499. The van der Waals surface area contributed by atoms with Gasteiger partial charge in [-0.2, -0.15) is 26.3 Å². The first-order chi connectivity index (χ1) is 39.4. The van der Waals surface area contributed by atoms with Crippen molar-refractivity contribution in [2.75, 3.05) is 125 Å². The number of benzene rings is 4. The van der Waals surface area contributed by atoms with Crippen LogP contribution in [-0.2, 0) is 21.9 Å². The average Bonchev–Trinajstić information content (AvgIpc) is 3.47. The van der Waals surface area contributed by atoms with E-state index in [0.717, 1.165) is 126 Å². The normalized spacial score (nSPS) is 16.4. The Morgan fingerprint density at radius 3 is 1.32 bits per heavy atom. The van der Waals surface area contributed by atoms with E-state index in [1.165, 1.54) is 17.8 Å². The van der Waals surface area contributed by atoms with Gasteiger partial charge in [-0.25, -0.2) is 0 Å². The van der Waals surface area contributed by atoms with Crippen molar-refractivity contribution >= 4 is 46.0 Å². The molecule has 19 nitrogen and oxygen atoms in total. The Kier molecular flexibility index (Phi) is 28.7. The molecular weight excluding hydrogens is 1140 g/mol. The van der Waals surface area contributed by atoms with Crippen LogP contribution in [0.3, 0.4) is 0 Å². The number of piperazine rings is 2. The topological polar surface area (TPSA) is 219 Å². The number of hydrogen-bond acceptors (Lipinski definition) is 15. The largest absolute Gasteiger partial charge is 1.00 e. The summed E-state index contributed by atoms with van der Waals surface area (Å²) in [6.45, 7) is 21.2. The molecular formula is C58H78ClF6LiN10O9. The van der Waals surface area contributed by atoms with Crippen LogP contribution in [0.15, 0.2) is 84.9 Å². The molecule has 0 unspecified atom stereocenters. The van der Waals surface area contributed by atoms with Gasteiger partial charge < -0.3 is 62.4 Å². The fraction of sp³-hybridized carbons (Fsp3) is 0.552. The second-order valence-corrected chi connectivity index (χ2v) is 22.0. The van der Waals surface area contributed by atoms with E-state index >= 15 is 0 Å². The number of nitrogens with two attached hydrogens (primary N) is 1. The zero-order chi connectivity index (χ0) is 60.3. The van der Waals surface area contributed by atoms with Gasteiger partial charge in [0.05, 0.1) is 36.1 Å². The molecule has 27 heteroatoms. The van der Waals surface area contributed by atoms with Crippen molar-refractivity contribution in [3.05, 3.63) is 116 Å². The summed E-state index contributed by atoms with van der Waals surface area (Å²) in [6, 6.07) is 22.4. The summed E-state index contributed by atoms with van der Waals surface area (Å²) in [7, 11) is 0. The number of carboxylic acids is 1. The molecule has 0 aliphatic carbocycles. The first-order valence-corrected chi connectivity index (χ1v) is 28.4. The van der Waals surface area contributed by atoms with Crippen LogP contribution < -0.4 is 71.6 Å². The van der Waals surface area contributed by atoms with Gasteiger partial charge in [-0.15, -0.1) is 0 Å².